The number of aromatic hydroxyl groups is 1. The van der Waals surface area contributed by atoms with Gasteiger partial charge >= 0.3 is 0 Å². The molecule has 0 aliphatic carbocycles. The SMILES string of the molecule is CC(Cl)CC(C)Cc1cccc(O)c1. The minimum atomic E-state index is 0.224. The van der Waals surface area contributed by atoms with Gasteiger partial charge in [-0.1, -0.05) is 19.1 Å². The van der Waals surface area contributed by atoms with Crippen LogP contribution in [0.5, 0.6) is 5.75 Å². The summed E-state index contributed by atoms with van der Waals surface area (Å²) in [5.74, 6) is 0.901. The first-order valence-corrected chi connectivity index (χ1v) is 5.43. The van der Waals surface area contributed by atoms with Gasteiger partial charge in [0.15, 0.2) is 0 Å². The van der Waals surface area contributed by atoms with Crippen LogP contribution in [0.25, 0.3) is 0 Å². The van der Waals surface area contributed by atoms with E-state index in [0.717, 1.165) is 12.8 Å². The second kappa shape index (κ2) is 5.26. The first-order valence-electron chi connectivity index (χ1n) is 5.00. The molecule has 0 fully saturated rings. The molecule has 1 aromatic rings. The molecule has 1 nitrogen and oxygen atoms in total. The van der Waals surface area contributed by atoms with Gasteiger partial charge in [-0.25, -0.2) is 0 Å². The molecule has 0 aliphatic rings. The number of halogens is 1. The van der Waals surface area contributed by atoms with Gasteiger partial charge in [-0.2, -0.15) is 0 Å². The number of hydrogen-bond donors (Lipinski definition) is 1. The van der Waals surface area contributed by atoms with Gasteiger partial charge in [0.25, 0.3) is 0 Å². The summed E-state index contributed by atoms with van der Waals surface area (Å²) < 4.78 is 0. The van der Waals surface area contributed by atoms with E-state index in [1.165, 1.54) is 5.56 Å². The Morgan fingerprint density at radius 3 is 2.64 bits per heavy atom. The quantitative estimate of drug-likeness (QED) is 0.757. The fraction of sp³-hybridized carbons (Fsp3) is 0.500. The van der Waals surface area contributed by atoms with E-state index in [-0.39, 0.29) is 5.38 Å². The molecular formula is C12H17ClO. The van der Waals surface area contributed by atoms with Crippen molar-refractivity contribution in [3.8, 4) is 5.75 Å². The molecule has 1 rings (SSSR count). The van der Waals surface area contributed by atoms with Gasteiger partial charge in [0.05, 0.1) is 0 Å². The maximum absolute atomic E-state index is 9.28. The lowest BCUT2D eigenvalue weighted by molar-refractivity contribution is 0.472. The Morgan fingerprint density at radius 2 is 2.07 bits per heavy atom. The van der Waals surface area contributed by atoms with Gasteiger partial charge in [0.1, 0.15) is 5.75 Å². The van der Waals surface area contributed by atoms with Gasteiger partial charge in [0.2, 0.25) is 0 Å². The molecule has 0 radical (unpaired) electrons. The molecule has 0 aromatic heterocycles. The lowest BCUT2D eigenvalue weighted by atomic mass is 9.97. The molecule has 2 atom stereocenters. The normalized spacial score (nSPS) is 15.1. The third-order valence-electron chi connectivity index (χ3n) is 2.22. The number of phenols is 1. The van der Waals surface area contributed by atoms with Crippen molar-refractivity contribution in [2.45, 2.75) is 32.1 Å². The van der Waals surface area contributed by atoms with Gasteiger partial charge in [-0.15, -0.1) is 11.6 Å². The summed E-state index contributed by atoms with van der Waals surface area (Å²) in [6, 6.07) is 7.42. The second-order valence-corrected chi connectivity index (χ2v) is 4.74. The third-order valence-corrected chi connectivity index (χ3v) is 2.40. The maximum atomic E-state index is 9.28. The molecule has 14 heavy (non-hydrogen) atoms. The van der Waals surface area contributed by atoms with E-state index in [2.05, 4.69) is 6.92 Å². The van der Waals surface area contributed by atoms with Crippen LogP contribution in [0.15, 0.2) is 24.3 Å². The van der Waals surface area contributed by atoms with Crippen LogP contribution in [0.4, 0.5) is 0 Å². The highest BCUT2D eigenvalue weighted by atomic mass is 35.5. The summed E-state index contributed by atoms with van der Waals surface area (Å²) in [5, 5.41) is 9.51. The van der Waals surface area contributed by atoms with E-state index >= 15 is 0 Å². The highest BCUT2D eigenvalue weighted by Crippen LogP contribution is 2.18. The highest BCUT2D eigenvalue weighted by molar-refractivity contribution is 6.20. The van der Waals surface area contributed by atoms with Gasteiger partial charge in [0, 0.05) is 5.38 Å². The molecule has 1 aromatic carbocycles. The van der Waals surface area contributed by atoms with Crippen LogP contribution < -0.4 is 0 Å². The summed E-state index contributed by atoms with van der Waals surface area (Å²) in [7, 11) is 0. The minimum Gasteiger partial charge on any atom is -0.508 e. The summed E-state index contributed by atoms with van der Waals surface area (Å²) in [5.41, 5.74) is 1.18. The topological polar surface area (TPSA) is 20.2 Å². The Labute approximate surface area is 90.7 Å². The highest BCUT2D eigenvalue weighted by Gasteiger charge is 2.07. The fourth-order valence-corrected chi connectivity index (χ4v) is 2.03. The summed E-state index contributed by atoms with van der Waals surface area (Å²) in [6.45, 7) is 4.20. The van der Waals surface area contributed by atoms with Gasteiger partial charge in [-0.3, -0.25) is 0 Å². The van der Waals surface area contributed by atoms with E-state index in [0.29, 0.717) is 11.7 Å². The summed E-state index contributed by atoms with van der Waals surface area (Å²) in [4.78, 5) is 0. The molecule has 0 saturated carbocycles. The Kier molecular flexibility index (Phi) is 4.27. The molecule has 0 aliphatic heterocycles. The monoisotopic (exact) mass is 212 g/mol. The van der Waals surface area contributed by atoms with Crippen molar-refractivity contribution in [2.75, 3.05) is 0 Å². The van der Waals surface area contributed by atoms with Crippen molar-refractivity contribution in [3.63, 3.8) is 0 Å². The number of phenolic OH excluding ortho intramolecular Hbond substituents is 1. The molecule has 0 bridgehead atoms. The molecule has 1 N–H and O–H groups in total. The zero-order chi connectivity index (χ0) is 10.6. The molecule has 2 unspecified atom stereocenters. The minimum absolute atomic E-state index is 0.224. The number of benzene rings is 1. The lowest BCUT2D eigenvalue weighted by Crippen LogP contribution is -2.05. The number of hydrogen-bond acceptors (Lipinski definition) is 1. The van der Waals surface area contributed by atoms with E-state index in [1.807, 2.05) is 25.1 Å². The molecule has 2 heteroatoms. The predicted octanol–water partition coefficient (Wildman–Crippen LogP) is 3.59. The maximum Gasteiger partial charge on any atom is 0.115 e. The fourth-order valence-electron chi connectivity index (χ4n) is 1.72. The largest absolute Gasteiger partial charge is 0.508 e. The van der Waals surface area contributed by atoms with Crippen LogP contribution in [0.1, 0.15) is 25.8 Å². The van der Waals surface area contributed by atoms with Crippen LogP contribution in [-0.2, 0) is 6.42 Å². The Morgan fingerprint density at radius 1 is 1.36 bits per heavy atom. The average molecular weight is 213 g/mol. The second-order valence-electron chi connectivity index (χ2n) is 4.00. The van der Waals surface area contributed by atoms with Crippen molar-refractivity contribution < 1.29 is 5.11 Å². The Hall–Kier alpha value is -0.690. The van der Waals surface area contributed by atoms with Gasteiger partial charge in [-0.05, 0) is 43.4 Å². The molecular weight excluding hydrogens is 196 g/mol. The predicted molar refractivity (Wildman–Crippen MR) is 60.9 cm³/mol. The number of rotatable bonds is 4. The van der Waals surface area contributed by atoms with Crippen molar-refractivity contribution in [1.82, 2.24) is 0 Å². The van der Waals surface area contributed by atoms with Crippen LogP contribution in [0.3, 0.4) is 0 Å². The van der Waals surface area contributed by atoms with E-state index < -0.39 is 0 Å². The zero-order valence-corrected chi connectivity index (χ0v) is 9.46. The third kappa shape index (κ3) is 4.01. The van der Waals surface area contributed by atoms with Crippen molar-refractivity contribution in [1.29, 1.82) is 0 Å². The first-order chi connectivity index (χ1) is 6.58. The van der Waals surface area contributed by atoms with Gasteiger partial charge < -0.3 is 5.11 Å². The van der Waals surface area contributed by atoms with Crippen LogP contribution in [0, 0.1) is 5.92 Å². The molecule has 0 spiro atoms. The molecule has 0 heterocycles. The molecule has 78 valence electrons. The summed E-state index contributed by atoms with van der Waals surface area (Å²) in [6.07, 6.45) is 1.99. The van der Waals surface area contributed by atoms with Crippen molar-refractivity contribution in [2.24, 2.45) is 5.92 Å². The first kappa shape index (κ1) is 11.4. The van der Waals surface area contributed by atoms with Crippen LogP contribution in [0.2, 0.25) is 0 Å². The summed E-state index contributed by atoms with van der Waals surface area (Å²) >= 11 is 5.92. The zero-order valence-electron chi connectivity index (χ0n) is 8.70. The smallest absolute Gasteiger partial charge is 0.115 e. The Bertz CT molecular complexity index is 283. The van der Waals surface area contributed by atoms with Crippen LogP contribution >= 0.6 is 11.6 Å². The van der Waals surface area contributed by atoms with Crippen molar-refractivity contribution >= 4 is 11.6 Å². The van der Waals surface area contributed by atoms with Crippen molar-refractivity contribution in [3.05, 3.63) is 29.8 Å². The molecule has 0 amide bonds. The van der Waals surface area contributed by atoms with E-state index in [9.17, 15) is 5.11 Å². The van der Waals surface area contributed by atoms with E-state index in [1.54, 1.807) is 6.07 Å². The van der Waals surface area contributed by atoms with E-state index in [4.69, 9.17) is 11.6 Å². The average Bonchev–Trinajstić information content (AvgIpc) is 2.01. The Balaban J connectivity index is 2.51. The number of alkyl halides is 1. The lowest BCUT2D eigenvalue weighted by Gasteiger charge is -2.12. The standard InChI is InChI=1S/C12H17ClO/c1-9(6-10(2)13)7-11-4-3-5-12(14)8-11/h3-5,8-10,14H,6-7H2,1-2H3. The molecule has 0 saturated heterocycles. The van der Waals surface area contributed by atoms with Crippen LogP contribution in [-0.4, -0.2) is 10.5 Å².